The van der Waals surface area contributed by atoms with Crippen LogP contribution in [0.3, 0.4) is 0 Å². The second-order valence-electron chi connectivity index (χ2n) is 4.29. The van der Waals surface area contributed by atoms with Crippen LogP contribution in [0.5, 0.6) is 11.5 Å². The van der Waals surface area contributed by atoms with Crippen molar-refractivity contribution in [1.82, 2.24) is 4.90 Å². The summed E-state index contributed by atoms with van der Waals surface area (Å²) in [6.07, 6.45) is 0. The summed E-state index contributed by atoms with van der Waals surface area (Å²) in [4.78, 5) is 14.8. The quantitative estimate of drug-likeness (QED) is 0.821. The molecule has 0 aliphatic heterocycles. The third kappa shape index (κ3) is 3.99. The van der Waals surface area contributed by atoms with E-state index in [-0.39, 0.29) is 12.5 Å². The summed E-state index contributed by atoms with van der Waals surface area (Å²) in [6.45, 7) is 0.649. The molecule has 2 aromatic rings. The van der Waals surface area contributed by atoms with Crippen molar-refractivity contribution in [2.75, 3.05) is 20.8 Å². The third-order valence-corrected chi connectivity index (χ3v) is 3.68. The van der Waals surface area contributed by atoms with E-state index in [2.05, 4.69) is 0 Å². The van der Waals surface area contributed by atoms with E-state index in [0.29, 0.717) is 12.3 Å². The Morgan fingerprint density at radius 3 is 2.50 bits per heavy atom. The van der Waals surface area contributed by atoms with E-state index < -0.39 is 0 Å². The SMILES string of the molecule is COc1ccc(OCC(=O)N(C)Cc2cccs2)cc1. The molecule has 4 nitrogen and oxygen atoms in total. The van der Waals surface area contributed by atoms with Crippen molar-refractivity contribution in [3.8, 4) is 11.5 Å². The van der Waals surface area contributed by atoms with Gasteiger partial charge in [-0.2, -0.15) is 0 Å². The van der Waals surface area contributed by atoms with Gasteiger partial charge in [-0.05, 0) is 35.7 Å². The fourth-order valence-corrected chi connectivity index (χ4v) is 2.41. The Labute approximate surface area is 122 Å². The summed E-state index contributed by atoms with van der Waals surface area (Å²) >= 11 is 1.64. The van der Waals surface area contributed by atoms with E-state index in [1.165, 1.54) is 0 Å². The summed E-state index contributed by atoms with van der Waals surface area (Å²) in [5.74, 6) is 1.37. The molecule has 0 aliphatic carbocycles. The Hall–Kier alpha value is -2.01. The van der Waals surface area contributed by atoms with Crippen LogP contribution in [-0.2, 0) is 11.3 Å². The van der Waals surface area contributed by atoms with Crippen LogP contribution in [0, 0.1) is 0 Å². The Balaban J connectivity index is 1.81. The van der Waals surface area contributed by atoms with Gasteiger partial charge in [0.15, 0.2) is 6.61 Å². The normalized spacial score (nSPS) is 10.1. The van der Waals surface area contributed by atoms with Crippen LogP contribution < -0.4 is 9.47 Å². The molecule has 2 rings (SSSR count). The lowest BCUT2D eigenvalue weighted by Crippen LogP contribution is -2.30. The van der Waals surface area contributed by atoms with Gasteiger partial charge in [0.2, 0.25) is 0 Å². The van der Waals surface area contributed by atoms with Gasteiger partial charge >= 0.3 is 0 Å². The van der Waals surface area contributed by atoms with Crippen molar-refractivity contribution in [3.05, 3.63) is 46.7 Å². The minimum Gasteiger partial charge on any atom is -0.497 e. The second kappa shape index (κ2) is 6.96. The van der Waals surface area contributed by atoms with Gasteiger partial charge < -0.3 is 14.4 Å². The molecular weight excluding hydrogens is 274 g/mol. The largest absolute Gasteiger partial charge is 0.497 e. The fourth-order valence-electron chi connectivity index (χ4n) is 1.65. The maximum absolute atomic E-state index is 11.9. The second-order valence-corrected chi connectivity index (χ2v) is 5.33. The molecule has 5 heteroatoms. The Bertz CT molecular complexity index is 537. The lowest BCUT2D eigenvalue weighted by Gasteiger charge is -2.16. The van der Waals surface area contributed by atoms with E-state index in [1.807, 2.05) is 17.5 Å². The zero-order valence-corrected chi connectivity index (χ0v) is 12.4. The highest BCUT2D eigenvalue weighted by Crippen LogP contribution is 2.17. The maximum atomic E-state index is 11.9. The average Bonchev–Trinajstić information content (AvgIpc) is 2.98. The molecule has 0 bridgehead atoms. The molecule has 106 valence electrons. The lowest BCUT2D eigenvalue weighted by molar-refractivity contribution is -0.132. The Kier molecular flexibility index (Phi) is 5.01. The minimum atomic E-state index is -0.0470. The number of hydrogen-bond donors (Lipinski definition) is 0. The number of likely N-dealkylation sites (N-methyl/N-ethyl adjacent to an activating group) is 1. The summed E-state index contributed by atoms with van der Waals surface area (Å²) in [7, 11) is 3.39. The number of ether oxygens (including phenoxy) is 2. The standard InChI is InChI=1S/C15H17NO3S/c1-16(10-14-4-3-9-20-14)15(17)11-19-13-7-5-12(18-2)6-8-13/h3-9H,10-11H2,1-2H3. The van der Waals surface area contributed by atoms with Crippen LogP contribution in [0.1, 0.15) is 4.88 Å². The minimum absolute atomic E-state index is 0.0359. The molecule has 1 heterocycles. The van der Waals surface area contributed by atoms with Crippen LogP contribution >= 0.6 is 11.3 Å². The molecule has 1 amide bonds. The third-order valence-electron chi connectivity index (χ3n) is 2.82. The number of hydrogen-bond acceptors (Lipinski definition) is 4. The number of methoxy groups -OCH3 is 1. The number of rotatable bonds is 6. The zero-order chi connectivity index (χ0) is 14.4. The molecule has 0 N–H and O–H groups in total. The van der Waals surface area contributed by atoms with Crippen molar-refractivity contribution in [3.63, 3.8) is 0 Å². The number of carbonyl (C=O) groups excluding carboxylic acids is 1. The van der Waals surface area contributed by atoms with Crippen molar-refractivity contribution in [2.45, 2.75) is 6.54 Å². The molecule has 0 aliphatic rings. The summed E-state index contributed by atoms with van der Waals surface area (Å²) in [5, 5.41) is 2.00. The number of carbonyl (C=O) groups is 1. The van der Waals surface area contributed by atoms with Gasteiger partial charge in [-0.3, -0.25) is 4.79 Å². The van der Waals surface area contributed by atoms with E-state index in [0.717, 1.165) is 10.6 Å². The zero-order valence-electron chi connectivity index (χ0n) is 11.5. The summed E-state index contributed by atoms with van der Waals surface area (Å²) in [5.41, 5.74) is 0. The van der Waals surface area contributed by atoms with Crippen LogP contribution in [0.15, 0.2) is 41.8 Å². The van der Waals surface area contributed by atoms with E-state index in [9.17, 15) is 4.79 Å². The van der Waals surface area contributed by atoms with Gasteiger partial charge in [-0.1, -0.05) is 6.07 Å². The average molecular weight is 291 g/mol. The van der Waals surface area contributed by atoms with Crippen LogP contribution in [0.25, 0.3) is 0 Å². The van der Waals surface area contributed by atoms with Gasteiger partial charge in [0.05, 0.1) is 13.7 Å². The molecule has 0 saturated heterocycles. The lowest BCUT2D eigenvalue weighted by atomic mass is 10.3. The monoisotopic (exact) mass is 291 g/mol. The van der Waals surface area contributed by atoms with Gasteiger partial charge in [0, 0.05) is 11.9 Å². The Morgan fingerprint density at radius 2 is 1.90 bits per heavy atom. The summed E-state index contributed by atoms with van der Waals surface area (Å²) < 4.78 is 10.5. The van der Waals surface area contributed by atoms with Crippen molar-refractivity contribution in [1.29, 1.82) is 0 Å². The highest BCUT2D eigenvalue weighted by Gasteiger charge is 2.10. The highest BCUT2D eigenvalue weighted by atomic mass is 32.1. The molecule has 1 aromatic heterocycles. The van der Waals surface area contributed by atoms with Gasteiger partial charge in [0.1, 0.15) is 11.5 Å². The van der Waals surface area contributed by atoms with Crippen LogP contribution in [0.4, 0.5) is 0 Å². The van der Waals surface area contributed by atoms with E-state index in [1.54, 1.807) is 54.7 Å². The smallest absolute Gasteiger partial charge is 0.260 e. The number of benzene rings is 1. The molecule has 1 aromatic carbocycles. The number of amides is 1. The fraction of sp³-hybridized carbons (Fsp3) is 0.267. The van der Waals surface area contributed by atoms with Crippen molar-refractivity contribution >= 4 is 17.2 Å². The van der Waals surface area contributed by atoms with E-state index >= 15 is 0 Å². The first-order chi connectivity index (χ1) is 9.69. The van der Waals surface area contributed by atoms with Crippen LogP contribution in [0.2, 0.25) is 0 Å². The number of nitrogens with zero attached hydrogens (tertiary/aromatic N) is 1. The number of thiophene rings is 1. The molecule has 0 radical (unpaired) electrons. The highest BCUT2D eigenvalue weighted by molar-refractivity contribution is 7.09. The predicted molar refractivity (Wildman–Crippen MR) is 79.3 cm³/mol. The molecule has 0 atom stereocenters. The topological polar surface area (TPSA) is 38.8 Å². The van der Waals surface area contributed by atoms with Gasteiger partial charge in [0.25, 0.3) is 5.91 Å². The van der Waals surface area contributed by atoms with E-state index in [4.69, 9.17) is 9.47 Å². The summed E-state index contributed by atoms with van der Waals surface area (Å²) in [6, 6.07) is 11.2. The maximum Gasteiger partial charge on any atom is 0.260 e. The first kappa shape index (κ1) is 14.4. The molecule has 0 spiro atoms. The molecular formula is C15H17NO3S. The van der Waals surface area contributed by atoms with Gasteiger partial charge in [-0.25, -0.2) is 0 Å². The van der Waals surface area contributed by atoms with Crippen molar-refractivity contribution < 1.29 is 14.3 Å². The predicted octanol–water partition coefficient (Wildman–Crippen LogP) is 2.79. The molecule has 0 fully saturated rings. The Morgan fingerprint density at radius 1 is 1.20 bits per heavy atom. The first-order valence-electron chi connectivity index (χ1n) is 6.22. The van der Waals surface area contributed by atoms with Crippen molar-refractivity contribution in [2.24, 2.45) is 0 Å². The molecule has 20 heavy (non-hydrogen) atoms. The molecule has 0 unspecified atom stereocenters. The van der Waals surface area contributed by atoms with Gasteiger partial charge in [-0.15, -0.1) is 11.3 Å². The molecule has 0 saturated carbocycles. The van der Waals surface area contributed by atoms with Crippen LogP contribution in [-0.4, -0.2) is 31.6 Å². The first-order valence-corrected chi connectivity index (χ1v) is 7.10.